The summed E-state index contributed by atoms with van der Waals surface area (Å²) in [4.78, 5) is 23.0. The number of halogens is 2. The summed E-state index contributed by atoms with van der Waals surface area (Å²) in [5.41, 5.74) is 1.76. The second-order valence-corrected chi connectivity index (χ2v) is 6.66. The number of carbonyl (C=O) groups is 2. The SMILES string of the molecule is CC(Nc1cccc(C2CC(=O)NC(=O)C2)c1)C1CC(F)(F)C1. The fourth-order valence-corrected chi connectivity index (χ4v) is 3.34. The van der Waals surface area contributed by atoms with Gasteiger partial charge in [-0.3, -0.25) is 14.9 Å². The quantitative estimate of drug-likeness (QED) is 0.838. The molecule has 1 saturated heterocycles. The van der Waals surface area contributed by atoms with Gasteiger partial charge in [-0.15, -0.1) is 0 Å². The van der Waals surface area contributed by atoms with E-state index in [1.165, 1.54) is 0 Å². The van der Waals surface area contributed by atoms with E-state index in [1.54, 1.807) is 0 Å². The molecule has 1 aliphatic carbocycles. The Hall–Kier alpha value is -1.98. The van der Waals surface area contributed by atoms with Gasteiger partial charge in [0.1, 0.15) is 0 Å². The van der Waals surface area contributed by atoms with Crippen LogP contribution in [0.5, 0.6) is 0 Å². The van der Waals surface area contributed by atoms with Crippen molar-refractivity contribution in [2.24, 2.45) is 5.92 Å². The Labute approximate surface area is 133 Å². The molecule has 1 saturated carbocycles. The van der Waals surface area contributed by atoms with Gasteiger partial charge < -0.3 is 5.32 Å². The smallest absolute Gasteiger partial charge is 0.248 e. The largest absolute Gasteiger partial charge is 0.382 e. The molecule has 0 bridgehead atoms. The maximum Gasteiger partial charge on any atom is 0.248 e. The summed E-state index contributed by atoms with van der Waals surface area (Å²) in [5, 5.41) is 5.56. The molecule has 1 aromatic carbocycles. The van der Waals surface area contributed by atoms with Crippen LogP contribution in [0.4, 0.5) is 14.5 Å². The molecule has 1 unspecified atom stereocenters. The summed E-state index contributed by atoms with van der Waals surface area (Å²) >= 11 is 0. The number of hydrogen-bond acceptors (Lipinski definition) is 3. The normalized spacial score (nSPS) is 23.1. The van der Waals surface area contributed by atoms with Gasteiger partial charge in [-0.2, -0.15) is 0 Å². The molecule has 0 aromatic heterocycles. The molecule has 0 spiro atoms. The number of anilines is 1. The second kappa shape index (κ2) is 5.91. The maximum absolute atomic E-state index is 13.0. The number of alkyl halides is 2. The predicted molar refractivity (Wildman–Crippen MR) is 82.3 cm³/mol. The van der Waals surface area contributed by atoms with Crippen LogP contribution < -0.4 is 10.6 Å². The Morgan fingerprint density at radius 3 is 2.48 bits per heavy atom. The average Bonchev–Trinajstić information content (AvgIpc) is 2.44. The lowest BCUT2D eigenvalue weighted by molar-refractivity contribution is -0.133. The third-order valence-electron chi connectivity index (χ3n) is 4.72. The number of carbonyl (C=O) groups excluding carboxylic acids is 2. The van der Waals surface area contributed by atoms with Crippen LogP contribution in [0, 0.1) is 5.92 Å². The molecule has 124 valence electrons. The first-order valence-corrected chi connectivity index (χ1v) is 7.89. The molecule has 1 aliphatic heterocycles. The topological polar surface area (TPSA) is 58.2 Å². The molecule has 6 heteroatoms. The lowest BCUT2D eigenvalue weighted by Crippen LogP contribution is -2.43. The zero-order valence-corrected chi connectivity index (χ0v) is 12.9. The standard InChI is InChI=1S/C17H20F2N2O2/c1-10(13-8-17(18,19)9-13)20-14-4-2-3-11(5-14)12-6-15(22)21-16(23)7-12/h2-5,10,12-13,20H,6-9H2,1H3,(H,21,22,23). The molecule has 0 radical (unpaired) electrons. The molecule has 2 aliphatic rings. The van der Waals surface area contributed by atoms with Crippen LogP contribution in [-0.4, -0.2) is 23.8 Å². The van der Waals surface area contributed by atoms with Gasteiger partial charge in [0.2, 0.25) is 17.7 Å². The minimum absolute atomic E-state index is 0.0318. The van der Waals surface area contributed by atoms with E-state index in [2.05, 4.69) is 10.6 Å². The lowest BCUT2D eigenvalue weighted by atomic mass is 9.77. The number of piperidine rings is 1. The Bertz CT molecular complexity index is 609. The molecule has 2 amide bonds. The summed E-state index contributed by atoms with van der Waals surface area (Å²) in [6.07, 6.45) is 0.440. The van der Waals surface area contributed by atoms with Crippen LogP contribution in [0.25, 0.3) is 0 Å². The minimum atomic E-state index is -2.52. The van der Waals surface area contributed by atoms with Crippen LogP contribution >= 0.6 is 0 Å². The van der Waals surface area contributed by atoms with Crippen molar-refractivity contribution in [3.8, 4) is 0 Å². The van der Waals surface area contributed by atoms with E-state index in [4.69, 9.17) is 0 Å². The van der Waals surface area contributed by atoms with Gasteiger partial charge in [0.15, 0.2) is 0 Å². The van der Waals surface area contributed by atoms with Crippen molar-refractivity contribution in [1.82, 2.24) is 5.32 Å². The number of hydrogen-bond donors (Lipinski definition) is 2. The highest BCUT2D eigenvalue weighted by Gasteiger charge is 2.47. The fourth-order valence-electron chi connectivity index (χ4n) is 3.34. The summed E-state index contributed by atoms with van der Waals surface area (Å²) in [5.74, 6) is -3.18. The Morgan fingerprint density at radius 2 is 1.87 bits per heavy atom. The summed E-state index contributed by atoms with van der Waals surface area (Å²) in [7, 11) is 0. The first kappa shape index (κ1) is 15.9. The van der Waals surface area contributed by atoms with Crippen LogP contribution in [0.2, 0.25) is 0 Å². The van der Waals surface area contributed by atoms with E-state index in [-0.39, 0.29) is 42.5 Å². The first-order valence-electron chi connectivity index (χ1n) is 7.89. The highest BCUT2D eigenvalue weighted by atomic mass is 19.3. The first-order chi connectivity index (χ1) is 10.8. The van der Waals surface area contributed by atoms with Crippen molar-refractivity contribution in [3.05, 3.63) is 29.8 Å². The number of nitrogens with one attached hydrogen (secondary N) is 2. The summed E-state index contributed by atoms with van der Waals surface area (Å²) < 4.78 is 25.9. The molecule has 1 aromatic rings. The van der Waals surface area contributed by atoms with Gasteiger partial charge in [0, 0.05) is 43.3 Å². The molecule has 2 fully saturated rings. The van der Waals surface area contributed by atoms with Crippen LogP contribution in [0.1, 0.15) is 44.1 Å². The van der Waals surface area contributed by atoms with Crippen molar-refractivity contribution < 1.29 is 18.4 Å². The molecular formula is C17H20F2N2O2. The van der Waals surface area contributed by atoms with E-state index < -0.39 is 5.92 Å². The Balaban J connectivity index is 1.65. The highest BCUT2D eigenvalue weighted by Crippen LogP contribution is 2.44. The fraction of sp³-hybridized carbons (Fsp3) is 0.529. The number of amides is 2. The molecule has 4 nitrogen and oxygen atoms in total. The third kappa shape index (κ3) is 3.68. The predicted octanol–water partition coefficient (Wildman–Crippen LogP) is 3.05. The molecule has 2 N–H and O–H groups in total. The summed E-state index contributed by atoms with van der Waals surface area (Å²) in [6.45, 7) is 1.91. The van der Waals surface area contributed by atoms with Crippen molar-refractivity contribution >= 4 is 17.5 Å². The van der Waals surface area contributed by atoms with Gasteiger partial charge in [0.25, 0.3) is 0 Å². The van der Waals surface area contributed by atoms with E-state index in [1.807, 2.05) is 31.2 Å². The maximum atomic E-state index is 13.0. The van der Waals surface area contributed by atoms with E-state index >= 15 is 0 Å². The van der Waals surface area contributed by atoms with Gasteiger partial charge in [0.05, 0.1) is 0 Å². The van der Waals surface area contributed by atoms with E-state index in [0.29, 0.717) is 12.8 Å². The molecular weight excluding hydrogens is 302 g/mol. The van der Waals surface area contributed by atoms with Gasteiger partial charge in [-0.25, -0.2) is 8.78 Å². The molecule has 1 heterocycles. The van der Waals surface area contributed by atoms with E-state index in [0.717, 1.165) is 11.3 Å². The molecule has 3 rings (SSSR count). The molecule has 1 atom stereocenters. The number of benzene rings is 1. The number of rotatable bonds is 4. The summed E-state index contributed by atoms with van der Waals surface area (Å²) in [6, 6.07) is 7.49. The average molecular weight is 322 g/mol. The zero-order chi connectivity index (χ0) is 16.6. The Morgan fingerprint density at radius 1 is 1.22 bits per heavy atom. The van der Waals surface area contributed by atoms with Crippen LogP contribution in [0.15, 0.2) is 24.3 Å². The van der Waals surface area contributed by atoms with Gasteiger partial charge in [-0.1, -0.05) is 12.1 Å². The van der Waals surface area contributed by atoms with Crippen molar-refractivity contribution in [3.63, 3.8) is 0 Å². The lowest BCUT2D eigenvalue weighted by Gasteiger charge is -2.39. The third-order valence-corrected chi connectivity index (χ3v) is 4.72. The Kier molecular flexibility index (Phi) is 4.08. The van der Waals surface area contributed by atoms with Gasteiger partial charge >= 0.3 is 0 Å². The van der Waals surface area contributed by atoms with E-state index in [9.17, 15) is 18.4 Å². The highest BCUT2D eigenvalue weighted by molar-refractivity contribution is 5.98. The zero-order valence-electron chi connectivity index (χ0n) is 12.9. The van der Waals surface area contributed by atoms with Crippen LogP contribution in [-0.2, 0) is 9.59 Å². The molecule has 23 heavy (non-hydrogen) atoms. The monoisotopic (exact) mass is 322 g/mol. The van der Waals surface area contributed by atoms with Crippen LogP contribution in [0.3, 0.4) is 0 Å². The minimum Gasteiger partial charge on any atom is -0.382 e. The van der Waals surface area contributed by atoms with Gasteiger partial charge in [-0.05, 0) is 30.5 Å². The second-order valence-electron chi connectivity index (χ2n) is 6.66. The van der Waals surface area contributed by atoms with Crippen molar-refractivity contribution in [2.75, 3.05) is 5.32 Å². The van der Waals surface area contributed by atoms with Crippen molar-refractivity contribution in [1.29, 1.82) is 0 Å². The van der Waals surface area contributed by atoms with Crippen molar-refractivity contribution in [2.45, 2.75) is 50.5 Å². The number of imide groups is 1.